The third-order valence-corrected chi connectivity index (χ3v) is 2.59. The monoisotopic (exact) mass is 190 g/mol. The van der Waals surface area contributed by atoms with E-state index in [-0.39, 0.29) is 11.9 Å². The van der Waals surface area contributed by atoms with Gasteiger partial charge in [-0.15, -0.1) is 0 Å². The van der Waals surface area contributed by atoms with Gasteiger partial charge in [0.15, 0.2) is 0 Å². The Morgan fingerprint density at radius 1 is 1.50 bits per heavy atom. The van der Waals surface area contributed by atoms with Gasteiger partial charge < -0.3 is 4.74 Å². The fourth-order valence-corrected chi connectivity index (χ4v) is 1.61. The SMILES string of the molecule is COC(=O)[C@H](CCSC)C(C)C. The van der Waals surface area contributed by atoms with Crippen LogP contribution in [0.2, 0.25) is 0 Å². The van der Waals surface area contributed by atoms with E-state index in [1.54, 1.807) is 11.8 Å². The first-order valence-electron chi connectivity index (χ1n) is 4.20. The normalized spacial score (nSPS) is 13.1. The fourth-order valence-electron chi connectivity index (χ4n) is 1.12. The molecule has 0 bridgehead atoms. The highest BCUT2D eigenvalue weighted by atomic mass is 32.2. The number of rotatable bonds is 5. The molecule has 0 spiro atoms. The highest BCUT2D eigenvalue weighted by Gasteiger charge is 2.21. The van der Waals surface area contributed by atoms with Crippen molar-refractivity contribution in [1.82, 2.24) is 0 Å². The fraction of sp³-hybridized carbons (Fsp3) is 0.889. The maximum Gasteiger partial charge on any atom is 0.308 e. The van der Waals surface area contributed by atoms with Gasteiger partial charge in [-0.05, 0) is 24.3 Å². The van der Waals surface area contributed by atoms with Crippen molar-refractivity contribution in [2.75, 3.05) is 19.1 Å². The summed E-state index contributed by atoms with van der Waals surface area (Å²) >= 11 is 1.77. The third-order valence-electron chi connectivity index (χ3n) is 1.94. The lowest BCUT2D eigenvalue weighted by atomic mass is 9.93. The predicted molar refractivity (Wildman–Crippen MR) is 53.3 cm³/mol. The van der Waals surface area contributed by atoms with Crippen molar-refractivity contribution < 1.29 is 9.53 Å². The van der Waals surface area contributed by atoms with Gasteiger partial charge in [-0.3, -0.25) is 4.79 Å². The number of thioether (sulfide) groups is 1. The molecular formula is C9H18O2S. The topological polar surface area (TPSA) is 26.3 Å². The molecule has 0 N–H and O–H groups in total. The maximum atomic E-state index is 11.2. The zero-order chi connectivity index (χ0) is 9.56. The van der Waals surface area contributed by atoms with Gasteiger partial charge in [-0.1, -0.05) is 13.8 Å². The van der Waals surface area contributed by atoms with Crippen molar-refractivity contribution in [2.24, 2.45) is 11.8 Å². The van der Waals surface area contributed by atoms with E-state index in [9.17, 15) is 4.79 Å². The molecule has 3 heteroatoms. The molecule has 0 aromatic carbocycles. The van der Waals surface area contributed by atoms with Crippen molar-refractivity contribution >= 4 is 17.7 Å². The molecule has 0 unspecified atom stereocenters. The van der Waals surface area contributed by atoms with E-state index in [1.165, 1.54) is 7.11 Å². The smallest absolute Gasteiger partial charge is 0.308 e. The van der Waals surface area contributed by atoms with Crippen LogP contribution in [-0.4, -0.2) is 25.1 Å². The van der Waals surface area contributed by atoms with Crippen LogP contribution in [0.5, 0.6) is 0 Å². The number of esters is 1. The first-order chi connectivity index (χ1) is 5.63. The molecule has 0 rings (SSSR count). The number of hydrogen-bond donors (Lipinski definition) is 0. The van der Waals surface area contributed by atoms with Crippen LogP contribution < -0.4 is 0 Å². The second-order valence-electron chi connectivity index (χ2n) is 3.16. The molecule has 0 saturated heterocycles. The molecular weight excluding hydrogens is 172 g/mol. The summed E-state index contributed by atoms with van der Waals surface area (Å²) in [6, 6.07) is 0. The Morgan fingerprint density at radius 2 is 2.08 bits per heavy atom. The number of carbonyl (C=O) groups is 1. The predicted octanol–water partition coefficient (Wildman–Crippen LogP) is 2.18. The first kappa shape index (κ1) is 11.8. The van der Waals surface area contributed by atoms with E-state index in [2.05, 4.69) is 20.1 Å². The van der Waals surface area contributed by atoms with Crippen molar-refractivity contribution in [3.63, 3.8) is 0 Å². The summed E-state index contributed by atoms with van der Waals surface area (Å²) in [5.74, 6) is 1.41. The van der Waals surface area contributed by atoms with Gasteiger partial charge >= 0.3 is 5.97 Å². The lowest BCUT2D eigenvalue weighted by Gasteiger charge is -2.17. The van der Waals surface area contributed by atoms with Gasteiger partial charge in [0.25, 0.3) is 0 Å². The highest BCUT2D eigenvalue weighted by Crippen LogP contribution is 2.18. The minimum absolute atomic E-state index is 0.0703. The van der Waals surface area contributed by atoms with Crippen molar-refractivity contribution in [1.29, 1.82) is 0 Å². The Labute approximate surface area is 79.1 Å². The Kier molecular flexibility index (Phi) is 6.25. The lowest BCUT2D eigenvalue weighted by Crippen LogP contribution is -2.22. The first-order valence-corrected chi connectivity index (χ1v) is 5.59. The third kappa shape index (κ3) is 4.00. The number of ether oxygens (including phenoxy) is 1. The van der Waals surface area contributed by atoms with Crippen LogP contribution in [0.1, 0.15) is 20.3 Å². The molecule has 0 saturated carbocycles. The number of methoxy groups -OCH3 is 1. The van der Waals surface area contributed by atoms with Crippen LogP contribution in [0.15, 0.2) is 0 Å². The van der Waals surface area contributed by atoms with Crippen LogP contribution in [0.4, 0.5) is 0 Å². The summed E-state index contributed by atoms with van der Waals surface area (Å²) in [5.41, 5.74) is 0. The molecule has 0 fully saturated rings. The molecule has 0 heterocycles. The van der Waals surface area contributed by atoms with Gasteiger partial charge in [0, 0.05) is 0 Å². The van der Waals surface area contributed by atoms with Crippen molar-refractivity contribution in [3.8, 4) is 0 Å². The molecule has 0 amide bonds. The molecule has 2 nitrogen and oxygen atoms in total. The molecule has 0 aromatic rings. The maximum absolute atomic E-state index is 11.2. The van der Waals surface area contributed by atoms with Crippen molar-refractivity contribution in [2.45, 2.75) is 20.3 Å². The molecule has 12 heavy (non-hydrogen) atoms. The van der Waals surface area contributed by atoms with Gasteiger partial charge in [-0.25, -0.2) is 0 Å². The van der Waals surface area contributed by atoms with E-state index in [0.717, 1.165) is 12.2 Å². The average molecular weight is 190 g/mol. The van der Waals surface area contributed by atoms with Crippen molar-refractivity contribution in [3.05, 3.63) is 0 Å². The molecule has 0 aliphatic carbocycles. The summed E-state index contributed by atoms with van der Waals surface area (Å²) in [6.45, 7) is 4.11. The Bertz CT molecular complexity index is 134. The molecule has 72 valence electrons. The molecule has 0 aromatic heterocycles. The minimum Gasteiger partial charge on any atom is -0.469 e. The number of carbonyl (C=O) groups excluding carboxylic acids is 1. The molecule has 0 radical (unpaired) electrons. The zero-order valence-electron chi connectivity index (χ0n) is 8.29. The zero-order valence-corrected chi connectivity index (χ0v) is 9.11. The van der Waals surface area contributed by atoms with Crippen LogP contribution >= 0.6 is 11.8 Å². The quantitative estimate of drug-likeness (QED) is 0.622. The summed E-state index contributed by atoms with van der Waals surface area (Å²) in [5, 5.41) is 0. The second kappa shape index (κ2) is 6.35. The molecule has 1 atom stereocenters. The van der Waals surface area contributed by atoms with Crippen LogP contribution in [-0.2, 0) is 9.53 Å². The Balaban J connectivity index is 3.95. The van der Waals surface area contributed by atoms with Gasteiger partial charge in [0.2, 0.25) is 0 Å². The van der Waals surface area contributed by atoms with Crippen LogP contribution in [0.3, 0.4) is 0 Å². The number of hydrogen-bond acceptors (Lipinski definition) is 3. The molecule has 0 aliphatic rings. The highest BCUT2D eigenvalue weighted by molar-refractivity contribution is 7.98. The van der Waals surface area contributed by atoms with Crippen LogP contribution in [0, 0.1) is 11.8 Å². The minimum atomic E-state index is -0.0703. The largest absolute Gasteiger partial charge is 0.469 e. The van der Waals surface area contributed by atoms with Crippen LogP contribution in [0.25, 0.3) is 0 Å². The standard InChI is InChI=1S/C9H18O2S/c1-7(2)8(5-6-12-4)9(10)11-3/h7-8H,5-6H2,1-4H3/t8-/m1/s1. The summed E-state index contributed by atoms with van der Waals surface area (Å²) < 4.78 is 4.72. The molecule has 0 aliphatic heterocycles. The van der Waals surface area contributed by atoms with E-state index in [1.807, 2.05) is 0 Å². The lowest BCUT2D eigenvalue weighted by molar-refractivity contribution is -0.147. The summed E-state index contributed by atoms with van der Waals surface area (Å²) in [7, 11) is 1.46. The average Bonchev–Trinajstić information content (AvgIpc) is 2.04. The van der Waals surface area contributed by atoms with Gasteiger partial charge in [-0.2, -0.15) is 11.8 Å². The summed E-state index contributed by atoms with van der Waals surface area (Å²) in [4.78, 5) is 11.2. The summed E-state index contributed by atoms with van der Waals surface area (Å²) in [6.07, 6.45) is 2.97. The second-order valence-corrected chi connectivity index (χ2v) is 4.14. The Hall–Kier alpha value is -0.180. The van der Waals surface area contributed by atoms with E-state index >= 15 is 0 Å². The van der Waals surface area contributed by atoms with E-state index in [0.29, 0.717) is 5.92 Å². The van der Waals surface area contributed by atoms with Gasteiger partial charge in [0.1, 0.15) is 0 Å². The van der Waals surface area contributed by atoms with E-state index in [4.69, 9.17) is 4.74 Å². The van der Waals surface area contributed by atoms with E-state index < -0.39 is 0 Å². The van der Waals surface area contributed by atoms with Gasteiger partial charge in [0.05, 0.1) is 13.0 Å². The Morgan fingerprint density at radius 3 is 2.42 bits per heavy atom.